The quantitative estimate of drug-likeness (QED) is 0.788. The van der Waals surface area contributed by atoms with E-state index in [9.17, 15) is 4.39 Å². The Morgan fingerprint density at radius 1 is 1.10 bits per heavy atom. The van der Waals surface area contributed by atoms with Gasteiger partial charge in [0.2, 0.25) is 5.88 Å². The average molecular weight is 282 g/mol. The summed E-state index contributed by atoms with van der Waals surface area (Å²) < 4.78 is 18.6. The Morgan fingerprint density at radius 2 is 1.86 bits per heavy atom. The van der Waals surface area contributed by atoms with Gasteiger partial charge < -0.3 is 10.1 Å². The molecule has 3 nitrogen and oxygen atoms in total. The maximum absolute atomic E-state index is 12.9. The lowest BCUT2D eigenvalue weighted by Crippen LogP contribution is -2.06. The topological polar surface area (TPSA) is 34.1 Å². The zero-order valence-corrected chi connectivity index (χ0v) is 11.6. The first kappa shape index (κ1) is 13.5. The van der Waals surface area contributed by atoms with Gasteiger partial charge in [-0.05, 0) is 42.9 Å². The molecule has 1 aromatic heterocycles. The fraction of sp³-hybridized carbons (Fsp3) is 0.118. The molecular weight excluding hydrogens is 267 g/mol. The van der Waals surface area contributed by atoms with E-state index in [1.807, 2.05) is 37.4 Å². The molecule has 4 heteroatoms. The van der Waals surface area contributed by atoms with Gasteiger partial charge in [-0.25, -0.2) is 9.37 Å². The molecular formula is C17H15FN2O. The van der Waals surface area contributed by atoms with Gasteiger partial charge in [-0.3, -0.25) is 0 Å². The van der Waals surface area contributed by atoms with E-state index in [4.69, 9.17) is 4.74 Å². The summed E-state index contributed by atoms with van der Waals surface area (Å²) in [4.78, 5) is 4.49. The van der Waals surface area contributed by atoms with Crippen LogP contribution >= 0.6 is 0 Å². The van der Waals surface area contributed by atoms with Crippen LogP contribution in [0, 0.1) is 5.82 Å². The second-order valence-electron chi connectivity index (χ2n) is 4.72. The van der Waals surface area contributed by atoms with Crippen molar-refractivity contribution in [3.63, 3.8) is 0 Å². The number of hydrogen-bond acceptors (Lipinski definition) is 3. The first-order valence-corrected chi connectivity index (χ1v) is 6.73. The smallest absolute Gasteiger partial charge is 0.220 e. The van der Waals surface area contributed by atoms with Crippen molar-refractivity contribution in [3.8, 4) is 11.6 Å². The first-order chi connectivity index (χ1) is 10.3. The molecule has 106 valence electrons. The monoisotopic (exact) mass is 282 g/mol. The van der Waals surface area contributed by atoms with Crippen molar-refractivity contribution in [2.45, 2.75) is 6.54 Å². The molecule has 0 saturated carbocycles. The molecule has 0 unspecified atom stereocenters. The minimum Gasteiger partial charge on any atom is -0.439 e. The summed E-state index contributed by atoms with van der Waals surface area (Å²) in [5.41, 5.74) is 1.99. The Morgan fingerprint density at radius 3 is 2.62 bits per heavy atom. The van der Waals surface area contributed by atoms with Crippen molar-refractivity contribution in [2.24, 2.45) is 0 Å². The van der Waals surface area contributed by atoms with Gasteiger partial charge in [0.25, 0.3) is 0 Å². The molecule has 0 aliphatic carbocycles. The zero-order valence-electron chi connectivity index (χ0n) is 11.6. The number of nitrogens with zero attached hydrogens (tertiary/aromatic N) is 1. The second kappa shape index (κ2) is 5.89. The maximum Gasteiger partial charge on any atom is 0.220 e. The van der Waals surface area contributed by atoms with Crippen LogP contribution in [0.5, 0.6) is 11.6 Å². The van der Waals surface area contributed by atoms with Crippen LogP contribution in [0.15, 0.2) is 54.6 Å². The lowest BCUT2D eigenvalue weighted by atomic mass is 10.1. The Bertz CT molecular complexity index is 756. The molecule has 1 N–H and O–H groups in total. The summed E-state index contributed by atoms with van der Waals surface area (Å²) in [5, 5.41) is 4.24. The SMILES string of the molecule is CNCc1cc(Oc2ccc(F)cc2)nc2ccccc12. The van der Waals surface area contributed by atoms with Gasteiger partial charge in [0, 0.05) is 18.0 Å². The third-order valence-corrected chi connectivity index (χ3v) is 3.18. The Kier molecular flexibility index (Phi) is 3.79. The fourth-order valence-corrected chi connectivity index (χ4v) is 2.23. The van der Waals surface area contributed by atoms with Gasteiger partial charge in [0.05, 0.1) is 5.52 Å². The van der Waals surface area contributed by atoms with Crippen LogP contribution in [0.1, 0.15) is 5.56 Å². The molecule has 0 aliphatic heterocycles. The minimum absolute atomic E-state index is 0.287. The van der Waals surface area contributed by atoms with Crippen LogP contribution in [0.4, 0.5) is 4.39 Å². The molecule has 0 atom stereocenters. The number of halogens is 1. The number of pyridine rings is 1. The summed E-state index contributed by atoms with van der Waals surface area (Å²) in [7, 11) is 1.90. The van der Waals surface area contributed by atoms with Crippen LogP contribution in [-0.2, 0) is 6.54 Å². The molecule has 0 radical (unpaired) electrons. The number of para-hydroxylation sites is 1. The summed E-state index contributed by atoms with van der Waals surface area (Å²) >= 11 is 0. The van der Waals surface area contributed by atoms with Crippen LogP contribution in [0.2, 0.25) is 0 Å². The molecule has 3 aromatic rings. The van der Waals surface area contributed by atoms with E-state index in [1.54, 1.807) is 12.1 Å². The van der Waals surface area contributed by atoms with Crippen molar-refractivity contribution in [3.05, 3.63) is 66.0 Å². The van der Waals surface area contributed by atoms with Crippen molar-refractivity contribution in [1.29, 1.82) is 0 Å². The standard InChI is InChI=1S/C17H15FN2O/c1-19-11-12-10-17(20-16-5-3-2-4-15(12)16)21-14-8-6-13(18)7-9-14/h2-10,19H,11H2,1H3. The third kappa shape index (κ3) is 3.01. The van der Waals surface area contributed by atoms with Gasteiger partial charge in [-0.2, -0.15) is 0 Å². The van der Waals surface area contributed by atoms with Crippen LogP contribution in [0.3, 0.4) is 0 Å². The lowest BCUT2D eigenvalue weighted by molar-refractivity contribution is 0.462. The van der Waals surface area contributed by atoms with E-state index in [1.165, 1.54) is 12.1 Å². The molecule has 1 heterocycles. The average Bonchev–Trinajstić information content (AvgIpc) is 2.50. The molecule has 0 amide bonds. The van der Waals surface area contributed by atoms with Crippen LogP contribution in [-0.4, -0.2) is 12.0 Å². The first-order valence-electron chi connectivity index (χ1n) is 6.73. The Hall–Kier alpha value is -2.46. The summed E-state index contributed by atoms with van der Waals surface area (Å²) in [6.07, 6.45) is 0. The van der Waals surface area contributed by atoms with Crippen molar-refractivity contribution >= 4 is 10.9 Å². The third-order valence-electron chi connectivity index (χ3n) is 3.18. The predicted octanol–water partition coefficient (Wildman–Crippen LogP) is 3.89. The summed E-state index contributed by atoms with van der Waals surface area (Å²) in [6.45, 7) is 0.725. The highest BCUT2D eigenvalue weighted by Crippen LogP contribution is 2.25. The normalized spacial score (nSPS) is 10.8. The Balaban J connectivity index is 2.00. The second-order valence-corrected chi connectivity index (χ2v) is 4.72. The van der Waals surface area contributed by atoms with Crippen molar-refractivity contribution in [1.82, 2.24) is 10.3 Å². The highest BCUT2D eigenvalue weighted by atomic mass is 19.1. The molecule has 0 spiro atoms. The van der Waals surface area contributed by atoms with E-state index in [-0.39, 0.29) is 5.82 Å². The van der Waals surface area contributed by atoms with Gasteiger partial charge >= 0.3 is 0 Å². The summed E-state index contributed by atoms with van der Waals surface area (Å²) in [6, 6.07) is 15.7. The number of ether oxygens (including phenoxy) is 1. The zero-order chi connectivity index (χ0) is 14.7. The molecule has 0 fully saturated rings. The predicted molar refractivity (Wildman–Crippen MR) is 81.0 cm³/mol. The molecule has 0 bridgehead atoms. The largest absolute Gasteiger partial charge is 0.439 e. The number of nitrogens with one attached hydrogen (secondary N) is 1. The number of hydrogen-bond donors (Lipinski definition) is 1. The van der Waals surface area contributed by atoms with E-state index >= 15 is 0 Å². The minimum atomic E-state index is -0.287. The summed E-state index contributed by atoms with van der Waals surface area (Å²) in [5.74, 6) is 0.782. The fourth-order valence-electron chi connectivity index (χ4n) is 2.23. The van der Waals surface area contributed by atoms with E-state index in [0.717, 1.165) is 23.0 Å². The van der Waals surface area contributed by atoms with E-state index < -0.39 is 0 Å². The maximum atomic E-state index is 12.9. The molecule has 3 rings (SSSR count). The van der Waals surface area contributed by atoms with Crippen LogP contribution in [0.25, 0.3) is 10.9 Å². The van der Waals surface area contributed by atoms with Gasteiger partial charge in [0.15, 0.2) is 0 Å². The van der Waals surface area contributed by atoms with Gasteiger partial charge in [-0.1, -0.05) is 18.2 Å². The number of aromatic nitrogens is 1. The van der Waals surface area contributed by atoms with Gasteiger partial charge in [-0.15, -0.1) is 0 Å². The van der Waals surface area contributed by atoms with E-state index in [2.05, 4.69) is 10.3 Å². The number of benzene rings is 2. The lowest BCUT2D eigenvalue weighted by Gasteiger charge is -2.10. The highest BCUT2D eigenvalue weighted by Gasteiger charge is 2.07. The Labute approximate surface area is 122 Å². The number of rotatable bonds is 4. The van der Waals surface area contributed by atoms with E-state index in [0.29, 0.717) is 11.6 Å². The highest BCUT2D eigenvalue weighted by molar-refractivity contribution is 5.82. The number of fused-ring (bicyclic) bond motifs is 1. The van der Waals surface area contributed by atoms with Crippen molar-refractivity contribution < 1.29 is 9.13 Å². The molecule has 21 heavy (non-hydrogen) atoms. The molecule has 2 aromatic carbocycles. The van der Waals surface area contributed by atoms with Crippen LogP contribution < -0.4 is 10.1 Å². The molecule has 0 saturated heterocycles. The molecule has 0 aliphatic rings. The van der Waals surface area contributed by atoms with Gasteiger partial charge in [0.1, 0.15) is 11.6 Å². The van der Waals surface area contributed by atoms with Crippen molar-refractivity contribution in [2.75, 3.05) is 7.05 Å².